The minimum Gasteiger partial charge on any atom is -0.376 e. The third-order valence-corrected chi connectivity index (χ3v) is 3.20. The van der Waals surface area contributed by atoms with Gasteiger partial charge in [0.2, 0.25) is 0 Å². The standard InChI is InChI=1S/C14H15N3OS/c1-11-4-2-5-12(8-11)15-10-14(18)17-16-9-13-6-3-7-19-13/h2-9,15H,10H2,1H3,(H,17,18)/b16-9-. The number of carbonyl (C=O) groups is 1. The molecule has 0 bridgehead atoms. The summed E-state index contributed by atoms with van der Waals surface area (Å²) in [5, 5.41) is 8.90. The van der Waals surface area contributed by atoms with E-state index < -0.39 is 0 Å². The molecule has 98 valence electrons. The first-order valence-electron chi connectivity index (χ1n) is 5.90. The first-order valence-corrected chi connectivity index (χ1v) is 6.78. The predicted octanol–water partition coefficient (Wildman–Crippen LogP) is 2.62. The second-order valence-electron chi connectivity index (χ2n) is 4.03. The Morgan fingerprint density at radius 1 is 1.37 bits per heavy atom. The fourth-order valence-corrected chi connectivity index (χ4v) is 2.09. The van der Waals surface area contributed by atoms with E-state index in [2.05, 4.69) is 15.8 Å². The van der Waals surface area contributed by atoms with Crippen LogP contribution in [0.25, 0.3) is 0 Å². The predicted molar refractivity (Wildman–Crippen MR) is 79.7 cm³/mol. The van der Waals surface area contributed by atoms with E-state index >= 15 is 0 Å². The fourth-order valence-electron chi connectivity index (χ4n) is 1.51. The largest absolute Gasteiger partial charge is 0.376 e. The molecule has 1 aromatic heterocycles. The molecule has 0 atom stereocenters. The van der Waals surface area contributed by atoms with Crippen molar-refractivity contribution in [1.82, 2.24) is 5.43 Å². The van der Waals surface area contributed by atoms with Crippen LogP contribution in [-0.4, -0.2) is 18.7 Å². The Hall–Kier alpha value is -2.14. The number of rotatable bonds is 5. The van der Waals surface area contributed by atoms with Crippen LogP contribution in [0.5, 0.6) is 0 Å². The zero-order chi connectivity index (χ0) is 13.5. The SMILES string of the molecule is Cc1cccc(NCC(=O)N/N=C\c2cccs2)c1. The van der Waals surface area contributed by atoms with E-state index in [0.29, 0.717) is 0 Å². The minimum absolute atomic E-state index is 0.172. The van der Waals surface area contributed by atoms with Gasteiger partial charge in [0, 0.05) is 10.6 Å². The smallest absolute Gasteiger partial charge is 0.259 e. The molecule has 2 rings (SSSR count). The number of amides is 1. The molecule has 2 N–H and O–H groups in total. The van der Waals surface area contributed by atoms with E-state index in [1.165, 1.54) is 0 Å². The summed E-state index contributed by atoms with van der Waals surface area (Å²) in [4.78, 5) is 12.6. The molecular weight excluding hydrogens is 258 g/mol. The quantitative estimate of drug-likeness (QED) is 0.650. The molecule has 1 amide bonds. The number of nitrogens with zero attached hydrogens (tertiary/aromatic N) is 1. The van der Waals surface area contributed by atoms with E-state index in [1.807, 2.05) is 48.7 Å². The van der Waals surface area contributed by atoms with Crippen molar-refractivity contribution < 1.29 is 4.79 Å². The van der Waals surface area contributed by atoms with Gasteiger partial charge in [0.25, 0.3) is 5.91 Å². The minimum atomic E-state index is -0.172. The van der Waals surface area contributed by atoms with Crippen molar-refractivity contribution in [2.24, 2.45) is 5.10 Å². The van der Waals surface area contributed by atoms with Crippen LogP contribution in [-0.2, 0) is 4.79 Å². The zero-order valence-electron chi connectivity index (χ0n) is 10.6. The highest BCUT2D eigenvalue weighted by atomic mass is 32.1. The number of thiophene rings is 1. The molecule has 0 fully saturated rings. The maximum atomic E-state index is 11.5. The number of hydrogen-bond donors (Lipinski definition) is 2. The molecule has 19 heavy (non-hydrogen) atoms. The molecule has 0 aliphatic rings. The lowest BCUT2D eigenvalue weighted by Gasteiger charge is -2.05. The van der Waals surface area contributed by atoms with Gasteiger partial charge in [-0.25, -0.2) is 5.43 Å². The Labute approximate surface area is 116 Å². The highest BCUT2D eigenvalue weighted by Gasteiger charge is 1.99. The number of aryl methyl sites for hydroxylation is 1. The number of anilines is 1. The topological polar surface area (TPSA) is 53.5 Å². The summed E-state index contributed by atoms with van der Waals surface area (Å²) >= 11 is 1.57. The first-order chi connectivity index (χ1) is 9.24. The van der Waals surface area contributed by atoms with Gasteiger partial charge in [0.1, 0.15) is 0 Å². The number of benzene rings is 1. The van der Waals surface area contributed by atoms with Crippen LogP contribution in [0.2, 0.25) is 0 Å². The van der Waals surface area contributed by atoms with Gasteiger partial charge < -0.3 is 5.32 Å². The number of hydrazone groups is 1. The Morgan fingerprint density at radius 2 is 2.26 bits per heavy atom. The van der Waals surface area contributed by atoms with Gasteiger partial charge in [-0.1, -0.05) is 18.2 Å². The molecule has 1 heterocycles. The number of nitrogens with one attached hydrogen (secondary N) is 2. The first kappa shape index (κ1) is 13.3. The molecule has 0 saturated heterocycles. The number of carbonyl (C=O) groups excluding carboxylic acids is 1. The molecule has 1 aromatic carbocycles. The fraction of sp³-hybridized carbons (Fsp3) is 0.143. The number of hydrogen-bond acceptors (Lipinski definition) is 4. The van der Waals surface area contributed by atoms with Gasteiger partial charge in [0.15, 0.2) is 0 Å². The summed E-state index contributed by atoms with van der Waals surface area (Å²) in [6.07, 6.45) is 1.63. The van der Waals surface area contributed by atoms with E-state index in [1.54, 1.807) is 17.6 Å². The molecule has 0 spiro atoms. The summed E-state index contributed by atoms with van der Waals surface area (Å²) < 4.78 is 0. The molecule has 0 unspecified atom stereocenters. The van der Waals surface area contributed by atoms with E-state index in [4.69, 9.17) is 0 Å². The summed E-state index contributed by atoms with van der Waals surface area (Å²) in [6.45, 7) is 2.21. The summed E-state index contributed by atoms with van der Waals surface area (Å²) in [6, 6.07) is 11.7. The normalized spacial score (nSPS) is 10.6. The van der Waals surface area contributed by atoms with Gasteiger partial charge in [-0.2, -0.15) is 5.10 Å². The van der Waals surface area contributed by atoms with Crippen LogP contribution >= 0.6 is 11.3 Å². The van der Waals surface area contributed by atoms with E-state index in [9.17, 15) is 4.79 Å². The van der Waals surface area contributed by atoms with E-state index in [0.717, 1.165) is 16.1 Å². The van der Waals surface area contributed by atoms with Crippen LogP contribution in [0, 0.1) is 6.92 Å². The van der Waals surface area contributed by atoms with Gasteiger partial charge in [0.05, 0.1) is 12.8 Å². The molecule has 2 aromatic rings. The zero-order valence-corrected chi connectivity index (χ0v) is 11.4. The molecule has 4 nitrogen and oxygen atoms in total. The van der Waals surface area contributed by atoms with Crippen molar-refractivity contribution in [3.8, 4) is 0 Å². The molecule has 0 radical (unpaired) electrons. The molecule has 0 saturated carbocycles. The maximum absolute atomic E-state index is 11.5. The molecule has 0 aliphatic carbocycles. The Morgan fingerprint density at radius 3 is 3.00 bits per heavy atom. The van der Waals surface area contributed by atoms with Crippen molar-refractivity contribution in [2.45, 2.75) is 6.92 Å². The van der Waals surface area contributed by atoms with Crippen molar-refractivity contribution in [3.05, 3.63) is 52.2 Å². The monoisotopic (exact) mass is 273 g/mol. The second-order valence-corrected chi connectivity index (χ2v) is 5.01. The average Bonchev–Trinajstić information content (AvgIpc) is 2.90. The van der Waals surface area contributed by atoms with Gasteiger partial charge in [-0.05, 0) is 36.1 Å². The Bertz CT molecular complexity index is 564. The van der Waals surface area contributed by atoms with Crippen LogP contribution < -0.4 is 10.7 Å². The Kier molecular flexibility index (Phi) is 4.69. The van der Waals surface area contributed by atoms with Gasteiger partial charge in [-0.3, -0.25) is 4.79 Å². The van der Waals surface area contributed by atoms with Crippen molar-refractivity contribution in [3.63, 3.8) is 0 Å². The van der Waals surface area contributed by atoms with Crippen molar-refractivity contribution >= 4 is 29.1 Å². The summed E-state index contributed by atoms with van der Waals surface area (Å²) in [5.41, 5.74) is 4.56. The van der Waals surface area contributed by atoms with Crippen LogP contribution in [0.1, 0.15) is 10.4 Å². The third kappa shape index (κ3) is 4.56. The Balaban J connectivity index is 1.76. The van der Waals surface area contributed by atoms with Gasteiger partial charge >= 0.3 is 0 Å². The molecule has 5 heteroatoms. The maximum Gasteiger partial charge on any atom is 0.259 e. The second kappa shape index (κ2) is 6.70. The molecule has 0 aliphatic heterocycles. The van der Waals surface area contributed by atoms with Crippen LogP contribution in [0.3, 0.4) is 0 Å². The highest BCUT2D eigenvalue weighted by molar-refractivity contribution is 7.11. The average molecular weight is 273 g/mol. The van der Waals surface area contributed by atoms with Crippen LogP contribution in [0.4, 0.5) is 5.69 Å². The molecular formula is C14H15N3OS. The van der Waals surface area contributed by atoms with Crippen molar-refractivity contribution in [1.29, 1.82) is 0 Å². The lowest BCUT2D eigenvalue weighted by Crippen LogP contribution is -2.25. The lowest BCUT2D eigenvalue weighted by atomic mass is 10.2. The summed E-state index contributed by atoms with van der Waals surface area (Å²) in [5.74, 6) is -0.172. The lowest BCUT2D eigenvalue weighted by molar-refractivity contribution is -0.119. The summed E-state index contributed by atoms with van der Waals surface area (Å²) in [7, 11) is 0. The highest BCUT2D eigenvalue weighted by Crippen LogP contribution is 2.08. The van der Waals surface area contributed by atoms with Crippen molar-refractivity contribution in [2.75, 3.05) is 11.9 Å². The third-order valence-electron chi connectivity index (χ3n) is 2.40. The van der Waals surface area contributed by atoms with E-state index in [-0.39, 0.29) is 12.5 Å². The van der Waals surface area contributed by atoms with Crippen LogP contribution in [0.15, 0.2) is 46.9 Å². The van der Waals surface area contributed by atoms with Gasteiger partial charge in [-0.15, -0.1) is 11.3 Å².